The van der Waals surface area contributed by atoms with Crippen LogP contribution >= 0.6 is 34.8 Å². The Kier molecular flexibility index (Phi) is 4.07. The average Bonchev–Trinajstić information content (AvgIpc) is 2.35. The van der Waals surface area contributed by atoms with E-state index < -0.39 is 0 Å². The highest BCUT2D eigenvalue weighted by Gasteiger charge is 2.12. The highest BCUT2D eigenvalue weighted by Crippen LogP contribution is 2.20. The highest BCUT2D eigenvalue weighted by atomic mass is 35.5. The summed E-state index contributed by atoms with van der Waals surface area (Å²) >= 11 is 17.3. The second-order valence-electron chi connectivity index (χ2n) is 3.45. The number of nitrogens with one attached hydrogen (secondary N) is 1. The number of hydrogen-bond acceptors (Lipinski definition) is 2. The van der Waals surface area contributed by atoms with Gasteiger partial charge < -0.3 is 5.32 Å². The van der Waals surface area contributed by atoms with Gasteiger partial charge in [0, 0.05) is 16.9 Å². The average molecular weight is 302 g/mol. The molecule has 2 rings (SSSR count). The zero-order chi connectivity index (χ0) is 13.1. The number of amides is 1. The van der Waals surface area contributed by atoms with Crippen LogP contribution in [0.2, 0.25) is 15.2 Å². The molecule has 1 N–H and O–H groups in total. The topological polar surface area (TPSA) is 42.0 Å². The smallest absolute Gasteiger partial charge is 0.258 e. The molecule has 6 heteroatoms. The van der Waals surface area contributed by atoms with Gasteiger partial charge >= 0.3 is 0 Å². The van der Waals surface area contributed by atoms with E-state index in [0.717, 1.165) is 0 Å². The van der Waals surface area contributed by atoms with E-state index in [0.29, 0.717) is 15.7 Å². The molecular weight excluding hydrogens is 295 g/mol. The molecule has 0 unspecified atom stereocenters. The van der Waals surface area contributed by atoms with E-state index in [-0.39, 0.29) is 16.6 Å². The molecule has 0 fully saturated rings. The van der Waals surface area contributed by atoms with Gasteiger partial charge in [0.2, 0.25) is 0 Å². The SMILES string of the molecule is O=C(Nc1ccc(Cl)cc1)c1cc(Cl)cnc1Cl. The van der Waals surface area contributed by atoms with E-state index in [1.165, 1.54) is 12.3 Å². The fourth-order valence-electron chi connectivity index (χ4n) is 1.31. The van der Waals surface area contributed by atoms with Crippen molar-refractivity contribution in [2.45, 2.75) is 0 Å². The quantitative estimate of drug-likeness (QED) is 0.841. The zero-order valence-corrected chi connectivity index (χ0v) is 11.2. The van der Waals surface area contributed by atoms with Gasteiger partial charge in [0.15, 0.2) is 0 Å². The lowest BCUT2D eigenvalue weighted by molar-refractivity contribution is 0.102. The molecule has 1 aromatic heterocycles. The van der Waals surface area contributed by atoms with Crippen molar-refractivity contribution < 1.29 is 4.79 Å². The minimum absolute atomic E-state index is 0.103. The summed E-state index contributed by atoms with van der Waals surface area (Å²) in [6, 6.07) is 8.18. The summed E-state index contributed by atoms with van der Waals surface area (Å²) in [5.41, 5.74) is 0.833. The Hall–Kier alpha value is -1.29. The van der Waals surface area contributed by atoms with Gasteiger partial charge in [-0.15, -0.1) is 0 Å². The Labute approximate surface area is 119 Å². The molecular formula is C12H7Cl3N2O. The molecule has 0 radical (unpaired) electrons. The summed E-state index contributed by atoms with van der Waals surface area (Å²) < 4.78 is 0. The van der Waals surface area contributed by atoms with Crippen LogP contribution in [0.4, 0.5) is 5.69 Å². The van der Waals surface area contributed by atoms with Crippen LogP contribution in [0.1, 0.15) is 10.4 Å². The number of nitrogens with zero attached hydrogens (tertiary/aromatic N) is 1. The van der Waals surface area contributed by atoms with Gasteiger partial charge in [0.05, 0.1) is 10.6 Å². The molecule has 18 heavy (non-hydrogen) atoms. The van der Waals surface area contributed by atoms with Crippen LogP contribution in [-0.4, -0.2) is 10.9 Å². The molecule has 1 aromatic carbocycles. The second kappa shape index (κ2) is 5.57. The van der Waals surface area contributed by atoms with E-state index >= 15 is 0 Å². The fraction of sp³-hybridized carbons (Fsp3) is 0. The van der Waals surface area contributed by atoms with Crippen molar-refractivity contribution in [2.24, 2.45) is 0 Å². The maximum atomic E-state index is 11.9. The number of hydrogen-bond donors (Lipinski definition) is 1. The monoisotopic (exact) mass is 300 g/mol. The van der Waals surface area contributed by atoms with Gasteiger partial charge in [-0.2, -0.15) is 0 Å². The van der Waals surface area contributed by atoms with Crippen molar-refractivity contribution in [3.63, 3.8) is 0 Å². The summed E-state index contributed by atoms with van der Waals surface area (Å²) in [5.74, 6) is -0.377. The maximum absolute atomic E-state index is 11.9. The summed E-state index contributed by atoms with van der Waals surface area (Å²) in [4.78, 5) is 15.8. The van der Waals surface area contributed by atoms with Gasteiger partial charge in [0.1, 0.15) is 5.15 Å². The van der Waals surface area contributed by atoms with E-state index in [9.17, 15) is 4.79 Å². The first kappa shape index (κ1) is 13.1. The summed E-state index contributed by atoms with van der Waals surface area (Å²) in [5, 5.41) is 3.72. The third-order valence-electron chi connectivity index (χ3n) is 2.15. The molecule has 0 atom stereocenters. The van der Waals surface area contributed by atoms with Crippen LogP contribution in [0.15, 0.2) is 36.5 Å². The first-order chi connectivity index (χ1) is 8.56. The van der Waals surface area contributed by atoms with E-state index in [4.69, 9.17) is 34.8 Å². The minimum Gasteiger partial charge on any atom is -0.322 e. The van der Waals surface area contributed by atoms with Crippen molar-refractivity contribution in [1.82, 2.24) is 4.98 Å². The van der Waals surface area contributed by atoms with Gasteiger partial charge in [-0.3, -0.25) is 4.79 Å². The van der Waals surface area contributed by atoms with Crippen molar-refractivity contribution in [3.05, 3.63) is 57.3 Å². The Morgan fingerprint density at radius 1 is 1.06 bits per heavy atom. The summed E-state index contributed by atoms with van der Waals surface area (Å²) in [7, 11) is 0. The van der Waals surface area contributed by atoms with E-state index in [2.05, 4.69) is 10.3 Å². The number of carbonyl (C=O) groups excluding carboxylic acids is 1. The third kappa shape index (κ3) is 3.13. The second-order valence-corrected chi connectivity index (χ2v) is 4.68. The van der Waals surface area contributed by atoms with Crippen LogP contribution in [0.3, 0.4) is 0 Å². The van der Waals surface area contributed by atoms with Gasteiger partial charge in [-0.25, -0.2) is 4.98 Å². The predicted octanol–water partition coefficient (Wildman–Crippen LogP) is 4.29. The molecule has 1 heterocycles. The minimum atomic E-state index is -0.377. The van der Waals surface area contributed by atoms with Gasteiger partial charge in [-0.05, 0) is 30.3 Å². The van der Waals surface area contributed by atoms with E-state index in [1.54, 1.807) is 24.3 Å². The fourth-order valence-corrected chi connectivity index (χ4v) is 1.79. The lowest BCUT2D eigenvalue weighted by Crippen LogP contribution is -2.12. The lowest BCUT2D eigenvalue weighted by Gasteiger charge is -2.06. The predicted molar refractivity (Wildman–Crippen MR) is 73.7 cm³/mol. The van der Waals surface area contributed by atoms with Crippen LogP contribution < -0.4 is 5.32 Å². The van der Waals surface area contributed by atoms with Crippen molar-refractivity contribution in [3.8, 4) is 0 Å². The lowest BCUT2D eigenvalue weighted by atomic mass is 10.2. The molecule has 0 aliphatic rings. The van der Waals surface area contributed by atoms with Crippen molar-refractivity contribution >= 4 is 46.4 Å². The molecule has 3 nitrogen and oxygen atoms in total. The van der Waals surface area contributed by atoms with Crippen LogP contribution in [0, 0.1) is 0 Å². The van der Waals surface area contributed by atoms with Crippen LogP contribution in [0.5, 0.6) is 0 Å². The molecule has 2 aromatic rings. The van der Waals surface area contributed by atoms with Crippen LogP contribution in [-0.2, 0) is 0 Å². The number of carbonyl (C=O) groups is 1. The Morgan fingerprint density at radius 2 is 1.72 bits per heavy atom. The largest absolute Gasteiger partial charge is 0.322 e. The Balaban J connectivity index is 2.21. The third-order valence-corrected chi connectivity index (χ3v) is 2.91. The van der Waals surface area contributed by atoms with Gasteiger partial charge in [-0.1, -0.05) is 34.8 Å². The number of benzene rings is 1. The molecule has 0 spiro atoms. The van der Waals surface area contributed by atoms with Gasteiger partial charge in [0.25, 0.3) is 5.91 Å². The first-order valence-electron chi connectivity index (χ1n) is 4.94. The molecule has 92 valence electrons. The summed E-state index contributed by atoms with van der Waals surface area (Å²) in [6.07, 6.45) is 1.38. The molecule has 0 saturated heterocycles. The molecule has 1 amide bonds. The van der Waals surface area contributed by atoms with Crippen molar-refractivity contribution in [2.75, 3.05) is 5.32 Å². The number of pyridine rings is 1. The normalized spacial score (nSPS) is 10.2. The van der Waals surface area contributed by atoms with Crippen molar-refractivity contribution in [1.29, 1.82) is 0 Å². The number of rotatable bonds is 2. The Morgan fingerprint density at radius 3 is 2.39 bits per heavy atom. The molecule has 0 saturated carbocycles. The number of halogens is 3. The summed E-state index contributed by atoms with van der Waals surface area (Å²) in [6.45, 7) is 0. The van der Waals surface area contributed by atoms with E-state index in [1.807, 2.05) is 0 Å². The highest BCUT2D eigenvalue weighted by molar-refractivity contribution is 6.35. The number of anilines is 1. The zero-order valence-electron chi connectivity index (χ0n) is 8.95. The molecule has 0 bridgehead atoms. The molecule has 0 aliphatic carbocycles. The molecule has 0 aliphatic heterocycles. The first-order valence-corrected chi connectivity index (χ1v) is 6.07. The van der Waals surface area contributed by atoms with Crippen LogP contribution in [0.25, 0.3) is 0 Å². The maximum Gasteiger partial charge on any atom is 0.258 e. The Bertz CT molecular complexity index is 584. The number of aromatic nitrogens is 1. The standard InChI is InChI=1S/C12H7Cl3N2O/c13-7-1-3-9(4-2-7)17-12(18)10-5-8(14)6-16-11(10)15/h1-6H,(H,17,18).